The van der Waals surface area contributed by atoms with E-state index in [0.29, 0.717) is 6.61 Å². The second kappa shape index (κ2) is 5.76. The maximum atomic E-state index is 11.3. The Morgan fingerprint density at radius 3 is 3.12 bits per heavy atom. The Morgan fingerprint density at radius 1 is 1.65 bits per heavy atom. The van der Waals surface area contributed by atoms with Crippen LogP contribution in [0.15, 0.2) is 17.5 Å². The van der Waals surface area contributed by atoms with Gasteiger partial charge in [0.2, 0.25) is 0 Å². The van der Waals surface area contributed by atoms with Crippen molar-refractivity contribution in [2.24, 2.45) is 5.41 Å². The van der Waals surface area contributed by atoms with Crippen LogP contribution < -0.4 is 0 Å². The molecule has 1 aromatic rings. The molecular weight excluding hydrogens is 234 g/mol. The molecule has 0 radical (unpaired) electrons. The summed E-state index contributed by atoms with van der Waals surface area (Å²) < 4.78 is 5.46. The molecule has 2 heterocycles. The van der Waals surface area contributed by atoms with Crippen molar-refractivity contribution in [1.29, 1.82) is 0 Å². The SMILES string of the molecule is CN(Cc1cccs1)CC1(C=O)CCCOC1. The molecule has 1 aromatic heterocycles. The van der Waals surface area contributed by atoms with Crippen molar-refractivity contribution in [3.8, 4) is 0 Å². The third kappa shape index (κ3) is 3.37. The summed E-state index contributed by atoms with van der Waals surface area (Å²) in [6.07, 6.45) is 3.04. The fraction of sp³-hybridized carbons (Fsp3) is 0.615. The fourth-order valence-corrected chi connectivity index (χ4v) is 3.17. The van der Waals surface area contributed by atoms with Gasteiger partial charge in [-0.05, 0) is 31.3 Å². The van der Waals surface area contributed by atoms with E-state index in [1.807, 2.05) is 0 Å². The van der Waals surface area contributed by atoms with E-state index in [-0.39, 0.29) is 5.41 Å². The first kappa shape index (κ1) is 12.7. The summed E-state index contributed by atoms with van der Waals surface area (Å²) in [5.41, 5.74) is -0.287. The van der Waals surface area contributed by atoms with Gasteiger partial charge in [-0.25, -0.2) is 0 Å². The number of carbonyl (C=O) groups excluding carboxylic acids is 1. The third-order valence-electron chi connectivity index (χ3n) is 3.19. The van der Waals surface area contributed by atoms with E-state index >= 15 is 0 Å². The molecule has 0 amide bonds. The Balaban J connectivity index is 1.91. The van der Waals surface area contributed by atoms with Gasteiger partial charge < -0.3 is 14.4 Å². The third-order valence-corrected chi connectivity index (χ3v) is 4.05. The summed E-state index contributed by atoms with van der Waals surface area (Å²) in [5, 5.41) is 2.09. The lowest BCUT2D eigenvalue weighted by Crippen LogP contribution is -2.42. The van der Waals surface area contributed by atoms with Crippen molar-refractivity contribution in [2.75, 3.05) is 26.8 Å². The number of hydrogen-bond donors (Lipinski definition) is 0. The van der Waals surface area contributed by atoms with Gasteiger partial charge >= 0.3 is 0 Å². The zero-order valence-electron chi connectivity index (χ0n) is 10.2. The summed E-state index contributed by atoms with van der Waals surface area (Å²) in [6.45, 7) is 3.07. The lowest BCUT2D eigenvalue weighted by Gasteiger charge is -2.35. The van der Waals surface area contributed by atoms with Gasteiger partial charge in [0.15, 0.2) is 0 Å². The van der Waals surface area contributed by atoms with Crippen LogP contribution in [0.3, 0.4) is 0 Å². The first-order valence-corrected chi connectivity index (χ1v) is 6.87. The molecule has 1 fully saturated rings. The molecule has 1 aliphatic rings. The van der Waals surface area contributed by atoms with Crippen LogP contribution >= 0.6 is 11.3 Å². The van der Waals surface area contributed by atoms with Crippen LogP contribution in [0, 0.1) is 5.41 Å². The average Bonchev–Trinajstić information content (AvgIpc) is 2.83. The molecule has 0 bridgehead atoms. The zero-order chi connectivity index (χ0) is 12.1. The molecule has 1 aliphatic heterocycles. The molecule has 0 saturated carbocycles. The van der Waals surface area contributed by atoms with Gasteiger partial charge in [-0.2, -0.15) is 0 Å². The minimum absolute atomic E-state index is 0.287. The smallest absolute Gasteiger partial charge is 0.129 e. The number of hydrogen-bond acceptors (Lipinski definition) is 4. The summed E-state index contributed by atoms with van der Waals surface area (Å²) >= 11 is 1.76. The number of aldehydes is 1. The molecule has 4 heteroatoms. The Morgan fingerprint density at radius 2 is 2.53 bits per heavy atom. The molecule has 0 aromatic carbocycles. The van der Waals surface area contributed by atoms with Crippen molar-refractivity contribution in [1.82, 2.24) is 4.90 Å². The zero-order valence-corrected chi connectivity index (χ0v) is 11.0. The number of ether oxygens (including phenoxy) is 1. The normalized spacial score (nSPS) is 25.1. The Kier molecular flexibility index (Phi) is 4.31. The van der Waals surface area contributed by atoms with Crippen LogP contribution in [-0.4, -0.2) is 38.0 Å². The van der Waals surface area contributed by atoms with Gasteiger partial charge in [-0.1, -0.05) is 6.07 Å². The molecule has 2 rings (SSSR count). The van der Waals surface area contributed by atoms with Crippen LogP contribution in [0.4, 0.5) is 0 Å². The monoisotopic (exact) mass is 253 g/mol. The molecule has 94 valence electrons. The van der Waals surface area contributed by atoms with Crippen LogP contribution in [0.1, 0.15) is 17.7 Å². The van der Waals surface area contributed by atoms with E-state index in [9.17, 15) is 4.79 Å². The summed E-state index contributed by atoms with van der Waals surface area (Å²) in [7, 11) is 2.07. The van der Waals surface area contributed by atoms with E-state index in [2.05, 4.69) is 29.5 Å². The highest BCUT2D eigenvalue weighted by molar-refractivity contribution is 7.09. The predicted octanol–water partition coefficient (Wildman–Crippen LogP) is 2.18. The van der Waals surface area contributed by atoms with Crippen molar-refractivity contribution in [3.63, 3.8) is 0 Å². The largest absolute Gasteiger partial charge is 0.380 e. The summed E-state index contributed by atoms with van der Waals surface area (Å²) in [6, 6.07) is 4.19. The molecule has 3 nitrogen and oxygen atoms in total. The van der Waals surface area contributed by atoms with Crippen LogP contribution in [0.25, 0.3) is 0 Å². The minimum atomic E-state index is -0.287. The van der Waals surface area contributed by atoms with Crippen molar-refractivity contribution >= 4 is 17.6 Å². The number of rotatable bonds is 5. The predicted molar refractivity (Wildman–Crippen MR) is 69.2 cm³/mol. The second-order valence-corrected chi connectivity index (χ2v) is 5.92. The minimum Gasteiger partial charge on any atom is -0.380 e. The summed E-state index contributed by atoms with van der Waals surface area (Å²) in [5.74, 6) is 0. The van der Waals surface area contributed by atoms with E-state index in [1.54, 1.807) is 11.3 Å². The molecule has 1 unspecified atom stereocenters. The van der Waals surface area contributed by atoms with Gasteiger partial charge in [0.25, 0.3) is 0 Å². The molecule has 1 atom stereocenters. The molecule has 1 saturated heterocycles. The number of carbonyl (C=O) groups is 1. The first-order valence-electron chi connectivity index (χ1n) is 5.99. The second-order valence-electron chi connectivity index (χ2n) is 4.89. The lowest BCUT2D eigenvalue weighted by molar-refractivity contribution is -0.125. The Labute approximate surface area is 106 Å². The van der Waals surface area contributed by atoms with E-state index in [0.717, 1.165) is 38.8 Å². The van der Waals surface area contributed by atoms with E-state index in [1.165, 1.54) is 4.88 Å². The van der Waals surface area contributed by atoms with Gasteiger partial charge in [0.1, 0.15) is 6.29 Å². The first-order chi connectivity index (χ1) is 8.24. The van der Waals surface area contributed by atoms with Crippen LogP contribution in [0.5, 0.6) is 0 Å². The molecular formula is C13H19NO2S. The fourth-order valence-electron chi connectivity index (χ4n) is 2.39. The van der Waals surface area contributed by atoms with E-state index in [4.69, 9.17) is 4.74 Å². The average molecular weight is 253 g/mol. The molecule has 0 spiro atoms. The Hall–Kier alpha value is -0.710. The van der Waals surface area contributed by atoms with Crippen molar-refractivity contribution < 1.29 is 9.53 Å². The van der Waals surface area contributed by atoms with Crippen molar-refractivity contribution in [2.45, 2.75) is 19.4 Å². The topological polar surface area (TPSA) is 29.5 Å². The van der Waals surface area contributed by atoms with Gasteiger partial charge in [-0.3, -0.25) is 0 Å². The molecule has 0 aliphatic carbocycles. The van der Waals surface area contributed by atoms with Crippen LogP contribution in [0.2, 0.25) is 0 Å². The molecule has 17 heavy (non-hydrogen) atoms. The van der Waals surface area contributed by atoms with Crippen LogP contribution in [-0.2, 0) is 16.1 Å². The van der Waals surface area contributed by atoms with Gasteiger partial charge in [0, 0.05) is 24.6 Å². The lowest BCUT2D eigenvalue weighted by atomic mass is 9.83. The Bertz CT molecular complexity index is 344. The quantitative estimate of drug-likeness (QED) is 0.753. The maximum absolute atomic E-state index is 11.3. The highest BCUT2D eigenvalue weighted by Gasteiger charge is 2.33. The number of nitrogens with zero attached hydrogens (tertiary/aromatic N) is 1. The summed E-state index contributed by atoms with van der Waals surface area (Å²) in [4.78, 5) is 14.9. The maximum Gasteiger partial charge on any atom is 0.129 e. The highest BCUT2D eigenvalue weighted by Crippen LogP contribution is 2.27. The van der Waals surface area contributed by atoms with E-state index < -0.39 is 0 Å². The standard InChI is InChI=1S/C13H19NO2S/c1-14(8-12-4-2-7-17-12)9-13(10-15)5-3-6-16-11-13/h2,4,7,10H,3,5-6,8-9,11H2,1H3. The van der Waals surface area contributed by atoms with Gasteiger partial charge in [-0.15, -0.1) is 11.3 Å². The van der Waals surface area contributed by atoms with Crippen molar-refractivity contribution in [3.05, 3.63) is 22.4 Å². The molecule has 0 N–H and O–H groups in total. The highest BCUT2D eigenvalue weighted by atomic mass is 32.1. The number of thiophene rings is 1. The van der Waals surface area contributed by atoms with Gasteiger partial charge in [0.05, 0.1) is 12.0 Å².